The minimum atomic E-state index is 0.245. The smallest absolute Gasteiger partial charge is 0.222 e. The Morgan fingerprint density at radius 3 is 2.59 bits per heavy atom. The Hall–Kier alpha value is -2.22. The molecule has 0 unspecified atom stereocenters. The van der Waals surface area contributed by atoms with E-state index < -0.39 is 0 Å². The predicted octanol–water partition coefficient (Wildman–Crippen LogP) is 4.16. The lowest BCUT2D eigenvalue weighted by Gasteiger charge is -2.34. The van der Waals surface area contributed by atoms with Crippen LogP contribution in [0.3, 0.4) is 0 Å². The molecule has 3 aromatic rings. The van der Waals surface area contributed by atoms with Gasteiger partial charge in [0.25, 0.3) is 0 Å². The summed E-state index contributed by atoms with van der Waals surface area (Å²) in [6.07, 6.45) is 1.33. The molecule has 1 aromatic carbocycles. The molecule has 7 heteroatoms. The molecule has 0 aliphatic carbocycles. The summed E-state index contributed by atoms with van der Waals surface area (Å²) < 4.78 is 5.18. The first-order valence-corrected chi connectivity index (χ1v) is 11.6. The van der Waals surface area contributed by atoms with Crippen molar-refractivity contribution < 1.29 is 9.53 Å². The highest BCUT2D eigenvalue weighted by atomic mass is 32.1. The Balaban J connectivity index is 1.22. The van der Waals surface area contributed by atoms with Crippen LogP contribution in [0.2, 0.25) is 0 Å². The lowest BCUT2D eigenvalue weighted by Crippen LogP contribution is -2.48. The van der Waals surface area contributed by atoms with Gasteiger partial charge in [0.15, 0.2) is 0 Å². The molecule has 29 heavy (non-hydrogen) atoms. The van der Waals surface area contributed by atoms with Crippen LogP contribution in [-0.2, 0) is 17.8 Å². The SMILES string of the molecule is COc1ccc(CCC(=O)N2CCN(Cc3nc(-c4cccs4)cs3)CC2)cc1. The molecule has 1 fully saturated rings. The maximum atomic E-state index is 12.6. The molecule has 1 aliphatic rings. The number of hydrogen-bond acceptors (Lipinski definition) is 6. The zero-order valence-corrected chi connectivity index (χ0v) is 18.2. The number of carbonyl (C=O) groups is 1. The summed E-state index contributed by atoms with van der Waals surface area (Å²) in [5.41, 5.74) is 2.25. The minimum absolute atomic E-state index is 0.245. The van der Waals surface area contributed by atoms with Crippen LogP contribution in [0.25, 0.3) is 10.6 Å². The van der Waals surface area contributed by atoms with Crippen molar-refractivity contribution >= 4 is 28.6 Å². The number of aryl methyl sites for hydroxylation is 1. The van der Waals surface area contributed by atoms with Gasteiger partial charge in [0.05, 0.1) is 24.2 Å². The first kappa shape index (κ1) is 20.1. The van der Waals surface area contributed by atoms with E-state index in [1.807, 2.05) is 29.2 Å². The van der Waals surface area contributed by atoms with E-state index >= 15 is 0 Å². The minimum Gasteiger partial charge on any atom is -0.497 e. The third kappa shape index (κ3) is 5.23. The quantitative estimate of drug-likeness (QED) is 0.568. The van der Waals surface area contributed by atoms with E-state index in [2.05, 4.69) is 27.8 Å². The maximum Gasteiger partial charge on any atom is 0.222 e. The lowest BCUT2D eigenvalue weighted by atomic mass is 10.1. The number of carbonyl (C=O) groups excluding carboxylic acids is 1. The summed E-state index contributed by atoms with van der Waals surface area (Å²) in [6.45, 7) is 4.27. The van der Waals surface area contributed by atoms with Gasteiger partial charge in [0.1, 0.15) is 10.8 Å². The average molecular weight is 428 g/mol. The number of piperazine rings is 1. The molecule has 0 radical (unpaired) electrons. The van der Waals surface area contributed by atoms with Gasteiger partial charge in [-0.2, -0.15) is 0 Å². The predicted molar refractivity (Wildman–Crippen MR) is 119 cm³/mol. The summed E-state index contributed by atoms with van der Waals surface area (Å²) in [7, 11) is 1.66. The molecule has 0 saturated carbocycles. The highest BCUT2D eigenvalue weighted by Crippen LogP contribution is 2.26. The van der Waals surface area contributed by atoms with Crippen molar-refractivity contribution in [2.75, 3.05) is 33.3 Å². The Morgan fingerprint density at radius 2 is 1.90 bits per heavy atom. The van der Waals surface area contributed by atoms with Crippen molar-refractivity contribution in [2.24, 2.45) is 0 Å². The standard InChI is InChI=1S/C22H25N3O2S2/c1-27-18-7-4-17(5-8-18)6-9-22(26)25-12-10-24(11-13-25)15-21-23-19(16-29-21)20-3-2-14-28-20/h2-5,7-8,14,16H,6,9-13,15H2,1H3. The number of ether oxygens (including phenoxy) is 1. The Kier molecular flexibility index (Phi) is 6.59. The molecule has 5 nitrogen and oxygen atoms in total. The fraction of sp³-hybridized carbons (Fsp3) is 0.364. The summed E-state index contributed by atoms with van der Waals surface area (Å²) >= 11 is 3.45. The van der Waals surface area contributed by atoms with Gasteiger partial charge in [-0.05, 0) is 35.6 Å². The fourth-order valence-electron chi connectivity index (χ4n) is 3.47. The average Bonchev–Trinajstić information content (AvgIpc) is 3.45. The van der Waals surface area contributed by atoms with E-state index in [1.165, 1.54) is 10.4 Å². The molecule has 152 valence electrons. The molecular formula is C22H25N3O2S2. The molecule has 0 N–H and O–H groups in total. The zero-order chi connectivity index (χ0) is 20.1. The molecule has 1 saturated heterocycles. The van der Waals surface area contributed by atoms with Crippen LogP contribution in [0.15, 0.2) is 47.2 Å². The van der Waals surface area contributed by atoms with Gasteiger partial charge in [0.2, 0.25) is 5.91 Å². The van der Waals surface area contributed by atoms with E-state index in [-0.39, 0.29) is 5.91 Å². The van der Waals surface area contributed by atoms with Crippen molar-refractivity contribution in [3.63, 3.8) is 0 Å². The first-order chi connectivity index (χ1) is 14.2. The monoisotopic (exact) mass is 427 g/mol. The summed E-state index contributed by atoms with van der Waals surface area (Å²) in [5.74, 6) is 1.09. The number of hydrogen-bond donors (Lipinski definition) is 0. The van der Waals surface area contributed by atoms with Gasteiger partial charge >= 0.3 is 0 Å². The largest absolute Gasteiger partial charge is 0.497 e. The van der Waals surface area contributed by atoms with E-state index in [0.29, 0.717) is 6.42 Å². The molecule has 1 amide bonds. The molecule has 1 aliphatic heterocycles. The highest BCUT2D eigenvalue weighted by molar-refractivity contribution is 7.14. The number of amides is 1. The third-order valence-corrected chi connectivity index (χ3v) is 6.92. The van der Waals surface area contributed by atoms with Crippen LogP contribution < -0.4 is 4.74 Å². The summed E-state index contributed by atoms with van der Waals surface area (Å²) in [6, 6.07) is 12.1. The van der Waals surface area contributed by atoms with Gasteiger partial charge in [0, 0.05) is 38.0 Å². The molecule has 0 spiro atoms. The van der Waals surface area contributed by atoms with E-state index in [4.69, 9.17) is 9.72 Å². The van der Waals surface area contributed by atoms with Crippen molar-refractivity contribution in [1.29, 1.82) is 0 Å². The number of thiazole rings is 1. The topological polar surface area (TPSA) is 45.7 Å². The number of aromatic nitrogens is 1. The van der Waals surface area contributed by atoms with Crippen LogP contribution in [-0.4, -0.2) is 54.0 Å². The van der Waals surface area contributed by atoms with Crippen LogP contribution >= 0.6 is 22.7 Å². The van der Waals surface area contributed by atoms with E-state index in [1.54, 1.807) is 29.8 Å². The molecule has 0 atom stereocenters. The summed E-state index contributed by atoms with van der Waals surface area (Å²) in [4.78, 5) is 23.0. The van der Waals surface area contributed by atoms with Gasteiger partial charge in [-0.15, -0.1) is 22.7 Å². The zero-order valence-electron chi connectivity index (χ0n) is 16.5. The molecule has 4 rings (SSSR count). The van der Waals surface area contributed by atoms with Crippen molar-refractivity contribution in [2.45, 2.75) is 19.4 Å². The highest BCUT2D eigenvalue weighted by Gasteiger charge is 2.21. The lowest BCUT2D eigenvalue weighted by molar-refractivity contribution is -0.133. The van der Waals surface area contributed by atoms with E-state index in [0.717, 1.165) is 55.6 Å². The molecule has 3 heterocycles. The third-order valence-electron chi connectivity index (χ3n) is 5.20. The van der Waals surface area contributed by atoms with Crippen LogP contribution in [0.4, 0.5) is 0 Å². The molecule has 2 aromatic heterocycles. The van der Waals surface area contributed by atoms with Crippen LogP contribution in [0.5, 0.6) is 5.75 Å². The Bertz CT molecular complexity index is 914. The van der Waals surface area contributed by atoms with Gasteiger partial charge in [-0.25, -0.2) is 4.98 Å². The summed E-state index contributed by atoms with van der Waals surface area (Å²) in [5, 5.41) is 5.37. The van der Waals surface area contributed by atoms with Gasteiger partial charge in [-0.3, -0.25) is 9.69 Å². The van der Waals surface area contributed by atoms with Crippen LogP contribution in [0, 0.1) is 0 Å². The fourth-order valence-corrected chi connectivity index (χ4v) is 5.07. The van der Waals surface area contributed by atoms with Crippen molar-refractivity contribution in [3.8, 4) is 16.3 Å². The Morgan fingerprint density at radius 1 is 1.10 bits per heavy atom. The second-order valence-corrected chi connectivity index (χ2v) is 9.00. The van der Waals surface area contributed by atoms with Crippen molar-refractivity contribution in [1.82, 2.24) is 14.8 Å². The van der Waals surface area contributed by atoms with Gasteiger partial charge < -0.3 is 9.64 Å². The van der Waals surface area contributed by atoms with Crippen molar-refractivity contribution in [3.05, 3.63) is 57.7 Å². The normalized spacial score (nSPS) is 14.9. The molecular weight excluding hydrogens is 402 g/mol. The van der Waals surface area contributed by atoms with Gasteiger partial charge in [-0.1, -0.05) is 18.2 Å². The molecule has 0 bridgehead atoms. The maximum absolute atomic E-state index is 12.6. The van der Waals surface area contributed by atoms with E-state index in [9.17, 15) is 4.79 Å². The van der Waals surface area contributed by atoms with Crippen LogP contribution in [0.1, 0.15) is 17.0 Å². The number of thiophene rings is 1. The number of rotatable bonds is 7. The number of nitrogens with zero attached hydrogens (tertiary/aromatic N) is 3. The second kappa shape index (κ2) is 9.52. The number of methoxy groups -OCH3 is 1. The first-order valence-electron chi connectivity index (χ1n) is 9.82. The Labute approximate surface area is 179 Å². The number of benzene rings is 1. The second-order valence-electron chi connectivity index (χ2n) is 7.11.